The lowest BCUT2D eigenvalue weighted by atomic mass is 10.0. The summed E-state index contributed by atoms with van der Waals surface area (Å²) in [6.07, 6.45) is 5.42. The first kappa shape index (κ1) is 9.86. The highest BCUT2D eigenvalue weighted by atomic mass is 79.9. The zero-order valence-electron chi connectivity index (χ0n) is 8.71. The molecule has 0 bridgehead atoms. The van der Waals surface area contributed by atoms with E-state index < -0.39 is 0 Å². The van der Waals surface area contributed by atoms with Gasteiger partial charge in [0.25, 0.3) is 0 Å². The fraction of sp³-hybridized carbons (Fsp3) is 0.538. The molecule has 2 aliphatic rings. The monoisotopic (exact) mass is 266 g/mol. The molecule has 1 aromatic rings. The molecule has 1 aliphatic heterocycles. The minimum absolute atomic E-state index is 0.327. The van der Waals surface area contributed by atoms with E-state index in [1.54, 1.807) is 0 Å². The van der Waals surface area contributed by atoms with Crippen LogP contribution in [0.4, 0.5) is 0 Å². The number of ether oxygens (including phenoxy) is 1. The summed E-state index contributed by atoms with van der Waals surface area (Å²) >= 11 is 3.67. The van der Waals surface area contributed by atoms with E-state index in [1.807, 2.05) is 0 Å². The van der Waals surface area contributed by atoms with E-state index in [9.17, 15) is 0 Å². The van der Waals surface area contributed by atoms with Gasteiger partial charge in [0.05, 0.1) is 6.10 Å². The summed E-state index contributed by atoms with van der Waals surface area (Å²) in [6, 6.07) is 6.81. The van der Waals surface area contributed by atoms with Gasteiger partial charge in [-0.3, -0.25) is 0 Å². The van der Waals surface area contributed by atoms with Crippen molar-refractivity contribution in [2.75, 3.05) is 6.61 Å². The van der Waals surface area contributed by atoms with Crippen LogP contribution in [0.15, 0.2) is 22.7 Å². The zero-order valence-corrected chi connectivity index (χ0v) is 10.3. The third-order valence-electron chi connectivity index (χ3n) is 3.35. The highest BCUT2D eigenvalue weighted by Gasteiger charge is 2.25. The van der Waals surface area contributed by atoms with Crippen molar-refractivity contribution in [1.29, 1.82) is 0 Å². The minimum Gasteiger partial charge on any atom is -0.373 e. The van der Waals surface area contributed by atoms with Gasteiger partial charge < -0.3 is 4.74 Å². The minimum atomic E-state index is 0.327. The Bertz CT molecular complexity index is 365. The van der Waals surface area contributed by atoms with Gasteiger partial charge in [0, 0.05) is 11.1 Å². The van der Waals surface area contributed by atoms with Crippen molar-refractivity contribution >= 4 is 15.9 Å². The van der Waals surface area contributed by atoms with E-state index in [-0.39, 0.29) is 0 Å². The summed E-state index contributed by atoms with van der Waals surface area (Å²) in [4.78, 5) is 0. The molecule has 1 aromatic carbocycles. The van der Waals surface area contributed by atoms with Crippen molar-refractivity contribution in [3.63, 3.8) is 0 Å². The lowest BCUT2D eigenvalue weighted by Crippen LogP contribution is -1.97. The molecular weight excluding hydrogens is 252 g/mol. The lowest BCUT2D eigenvalue weighted by Gasteiger charge is -2.13. The molecule has 0 aromatic heterocycles. The molecular formula is C13H15BrO. The zero-order chi connectivity index (χ0) is 10.3. The summed E-state index contributed by atoms with van der Waals surface area (Å²) in [5.41, 5.74) is 2.82. The first-order chi connectivity index (χ1) is 7.34. The van der Waals surface area contributed by atoms with Crippen LogP contribution in [0.3, 0.4) is 0 Å². The Balaban J connectivity index is 1.87. The van der Waals surface area contributed by atoms with Crippen LogP contribution in [-0.2, 0) is 4.74 Å². The number of hydrogen-bond donors (Lipinski definition) is 0. The highest BCUT2D eigenvalue weighted by Crippen LogP contribution is 2.42. The van der Waals surface area contributed by atoms with Gasteiger partial charge >= 0.3 is 0 Å². The van der Waals surface area contributed by atoms with Gasteiger partial charge in [-0.1, -0.05) is 28.1 Å². The molecule has 1 heterocycles. The van der Waals surface area contributed by atoms with Gasteiger partial charge in [0.15, 0.2) is 0 Å². The molecule has 0 radical (unpaired) electrons. The van der Waals surface area contributed by atoms with Crippen molar-refractivity contribution in [2.24, 2.45) is 0 Å². The summed E-state index contributed by atoms with van der Waals surface area (Å²) < 4.78 is 6.94. The van der Waals surface area contributed by atoms with E-state index in [0.717, 1.165) is 12.5 Å². The summed E-state index contributed by atoms with van der Waals surface area (Å²) in [5, 5.41) is 0. The van der Waals surface area contributed by atoms with Crippen LogP contribution >= 0.6 is 15.9 Å². The average molecular weight is 267 g/mol. The van der Waals surface area contributed by atoms with Crippen LogP contribution < -0.4 is 0 Å². The molecule has 15 heavy (non-hydrogen) atoms. The Morgan fingerprint density at radius 1 is 1.20 bits per heavy atom. The second-order valence-corrected chi connectivity index (χ2v) is 5.41. The molecule has 80 valence electrons. The molecule has 0 spiro atoms. The predicted octanol–water partition coefficient (Wildman–Crippen LogP) is 4.18. The average Bonchev–Trinajstić information content (AvgIpc) is 2.95. The number of rotatable bonds is 2. The maximum absolute atomic E-state index is 5.71. The third kappa shape index (κ3) is 1.98. The lowest BCUT2D eigenvalue weighted by molar-refractivity contribution is 0.111. The van der Waals surface area contributed by atoms with Crippen LogP contribution in [-0.4, -0.2) is 6.61 Å². The molecule has 2 fully saturated rings. The number of benzene rings is 1. The van der Waals surface area contributed by atoms with Gasteiger partial charge in [-0.2, -0.15) is 0 Å². The van der Waals surface area contributed by atoms with Crippen molar-refractivity contribution < 1.29 is 4.74 Å². The Labute approximate surface area is 99.0 Å². The SMILES string of the molecule is Brc1cc(C2CC2)ccc1C1CCCO1. The Morgan fingerprint density at radius 2 is 2.07 bits per heavy atom. The quantitative estimate of drug-likeness (QED) is 0.781. The van der Waals surface area contributed by atoms with Crippen LogP contribution in [0.25, 0.3) is 0 Å². The Morgan fingerprint density at radius 3 is 2.67 bits per heavy atom. The molecule has 3 rings (SSSR count). The summed E-state index contributed by atoms with van der Waals surface area (Å²) in [5.74, 6) is 0.833. The maximum Gasteiger partial charge on any atom is 0.0836 e. The maximum atomic E-state index is 5.71. The van der Waals surface area contributed by atoms with E-state index in [2.05, 4.69) is 34.1 Å². The standard InChI is InChI=1S/C13H15BrO/c14-12-8-10(9-3-4-9)5-6-11(12)13-2-1-7-15-13/h5-6,8-9,13H,1-4,7H2. The van der Waals surface area contributed by atoms with E-state index in [4.69, 9.17) is 4.74 Å². The van der Waals surface area contributed by atoms with Gasteiger partial charge in [0.1, 0.15) is 0 Å². The molecule has 0 N–H and O–H groups in total. The van der Waals surface area contributed by atoms with E-state index >= 15 is 0 Å². The molecule has 1 aliphatic carbocycles. The highest BCUT2D eigenvalue weighted by molar-refractivity contribution is 9.10. The topological polar surface area (TPSA) is 9.23 Å². The van der Waals surface area contributed by atoms with Gasteiger partial charge in [-0.25, -0.2) is 0 Å². The smallest absolute Gasteiger partial charge is 0.0836 e. The second-order valence-electron chi connectivity index (χ2n) is 4.56. The second kappa shape index (κ2) is 3.91. The van der Waals surface area contributed by atoms with Crippen LogP contribution in [0.1, 0.15) is 48.8 Å². The largest absolute Gasteiger partial charge is 0.373 e. The molecule has 1 atom stereocenters. The van der Waals surface area contributed by atoms with Gasteiger partial charge in [-0.05, 0) is 48.8 Å². The number of hydrogen-bond acceptors (Lipinski definition) is 1. The van der Waals surface area contributed by atoms with Crippen LogP contribution in [0, 0.1) is 0 Å². The van der Waals surface area contributed by atoms with Crippen LogP contribution in [0.2, 0.25) is 0 Å². The summed E-state index contributed by atoms with van der Waals surface area (Å²) in [6.45, 7) is 0.918. The number of halogens is 1. The molecule has 1 saturated heterocycles. The predicted molar refractivity (Wildman–Crippen MR) is 64.0 cm³/mol. The normalized spacial score (nSPS) is 25.8. The van der Waals surface area contributed by atoms with Crippen molar-refractivity contribution in [3.05, 3.63) is 33.8 Å². The fourth-order valence-electron chi connectivity index (χ4n) is 2.30. The van der Waals surface area contributed by atoms with Gasteiger partial charge in [-0.15, -0.1) is 0 Å². The van der Waals surface area contributed by atoms with Crippen molar-refractivity contribution in [3.8, 4) is 0 Å². The van der Waals surface area contributed by atoms with E-state index in [1.165, 1.54) is 41.3 Å². The molecule has 0 amide bonds. The Hall–Kier alpha value is -0.340. The fourth-order valence-corrected chi connectivity index (χ4v) is 2.95. The van der Waals surface area contributed by atoms with Crippen molar-refractivity contribution in [1.82, 2.24) is 0 Å². The van der Waals surface area contributed by atoms with Crippen LogP contribution in [0.5, 0.6) is 0 Å². The molecule has 2 heteroatoms. The van der Waals surface area contributed by atoms with Gasteiger partial charge in [0.2, 0.25) is 0 Å². The first-order valence-electron chi connectivity index (χ1n) is 5.75. The van der Waals surface area contributed by atoms with Crippen molar-refractivity contribution in [2.45, 2.75) is 37.7 Å². The Kier molecular flexibility index (Phi) is 2.57. The summed E-state index contributed by atoms with van der Waals surface area (Å²) in [7, 11) is 0. The molecule has 1 saturated carbocycles. The molecule has 1 nitrogen and oxygen atoms in total. The molecule has 1 unspecified atom stereocenters. The third-order valence-corrected chi connectivity index (χ3v) is 4.04. The first-order valence-corrected chi connectivity index (χ1v) is 6.55. The van der Waals surface area contributed by atoms with E-state index in [0.29, 0.717) is 6.10 Å².